The lowest BCUT2D eigenvalue weighted by atomic mass is 9.80. The average molecular weight is 261 g/mol. The minimum Gasteiger partial charge on any atom is -0.493 e. The van der Waals surface area contributed by atoms with Gasteiger partial charge in [-0.25, -0.2) is 0 Å². The molecule has 2 heteroatoms. The quantitative estimate of drug-likeness (QED) is 0.858. The Kier molecular flexibility index (Phi) is 4.51. The maximum Gasteiger partial charge on any atom is 0.124 e. The van der Waals surface area contributed by atoms with Crippen molar-refractivity contribution in [1.29, 1.82) is 0 Å². The first-order valence-corrected chi connectivity index (χ1v) is 7.59. The van der Waals surface area contributed by atoms with Crippen LogP contribution >= 0.6 is 0 Å². The van der Waals surface area contributed by atoms with Gasteiger partial charge in [-0.15, -0.1) is 0 Å². The topological polar surface area (TPSA) is 21.3 Å². The highest BCUT2D eigenvalue weighted by atomic mass is 16.5. The van der Waals surface area contributed by atoms with E-state index in [1.54, 1.807) is 0 Å². The molecule has 0 spiro atoms. The second kappa shape index (κ2) is 5.96. The molecule has 2 nitrogen and oxygen atoms in total. The molecule has 1 unspecified atom stereocenters. The number of ether oxygens (including phenoxy) is 1. The van der Waals surface area contributed by atoms with E-state index in [9.17, 15) is 0 Å². The zero-order valence-electron chi connectivity index (χ0n) is 12.8. The van der Waals surface area contributed by atoms with E-state index in [1.807, 2.05) is 0 Å². The van der Waals surface area contributed by atoms with Crippen molar-refractivity contribution in [3.05, 3.63) is 29.3 Å². The van der Waals surface area contributed by atoms with Gasteiger partial charge >= 0.3 is 0 Å². The van der Waals surface area contributed by atoms with Gasteiger partial charge in [0.15, 0.2) is 0 Å². The van der Waals surface area contributed by atoms with Crippen molar-refractivity contribution >= 4 is 0 Å². The lowest BCUT2D eigenvalue weighted by Gasteiger charge is -2.30. The maximum absolute atomic E-state index is 5.79. The van der Waals surface area contributed by atoms with Crippen LogP contribution in [0.1, 0.15) is 64.1 Å². The van der Waals surface area contributed by atoms with Crippen molar-refractivity contribution in [1.82, 2.24) is 5.32 Å². The molecule has 1 heterocycles. The van der Waals surface area contributed by atoms with Crippen molar-refractivity contribution in [2.24, 2.45) is 0 Å². The van der Waals surface area contributed by atoms with E-state index in [2.05, 4.69) is 51.2 Å². The molecule has 0 fully saturated rings. The van der Waals surface area contributed by atoms with Crippen LogP contribution < -0.4 is 10.1 Å². The third kappa shape index (κ3) is 3.11. The lowest BCUT2D eigenvalue weighted by molar-refractivity contribution is 0.252. The summed E-state index contributed by atoms with van der Waals surface area (Å²) in [6, 6.07) is 7.19. The van der Waals surface area contributed by atoms with Gasteiger partial charge < -0.3 is 10.1 Å². The van der Waals surface area contributed by atoms with E-state index in [4.69, 9.17) is 4.74 Å². The SMILES string of the molecule is CCCNC1CCOc2ccc(C(C)(C)CC)cc21. The Morgan fingerprint density at radius 3 is 2.79 bits per heavy atom. The fourth-order valence-electron chi connectivity index (χ4n) is 2.55. The molecular formula is C17H27NO. The van der Waals surface area contributed by atoms with E-state index in [-0.39, 0.29) is 5.41 Å². The summed E-state index contributed by atoms with van der Waals surface area (Å²) in [7, 11) is 0. The van der Waals surface area contributed by atoms with E-state index in [0.29, 0.717) is 6.04 Å². The molecule has 1 aliphatic heterocycles. The molecule has 1 aromatic rings. The second-order valence-corrected chi connectivity index (χ2v) is 6.13. The first-order chi connectivity index (χ1) is 9.08. The third-order valence-electron chi connectivity index (χ3n) is 4.36. The van der Waals surface area contributed by atoms with Gasteiger partial charge in [0.1, 0.15) is 5.75 Å². The standard InChI is InChI=1S/C17H27NO/c1-5-10-18-15-9-11-19-16-8-7-13(12-14(15)16)17(3,4)6-2/h7-8,12,15,18H,5-6,9-11H2,1-4H3. The Balaban J connectivity index is 2.30. The molecule has 106 valence electrons. The fraction of sp³-hybridized carbons (Fsp3) is 0.647. The summed E-state index contributed by atoms with van der Waals surface area (Å²) in [4.78, 5) is 0. The molecule has 0 saturated heterocycles. The number of nitrogens with one attached hydrogen (secondary N) is 1. The summed E-state index contributed by atoms with van der Waals surface area (Å²) in [5.74, 6) is 1.07. The highest BCUT2D eigenvalue weighted by Gasteiger charge is 2.25. The zero-order valence-corrected chi connectivity index (χ0v) is 12.8. The molecule has 2 rings (SSSR count). The number of hydrogen-bond acceptors (Lipinski definition) is 2. The Labute approximate surface area is 117 Å². The molecule has 0 aromatic heterocycles. The van der Waals surface area contributed by atoms with Crippen molar-refractivity contribution in [3.8, 4) is 5.75 Å². The Bertz CT molecular complexity index is 425. The van der Waals surface area contributed by atoms with Gasteiger partial charge in [0.2, 0.25) is 0 Å². The van der Waals surface area contributed by atoms with Crippen LogP contribution in [0.15, 0.2) is 18.2 Å². The minimum atomic E-state index is 0.238. The monoisotopic (exact) mass is 261 g/mol. The second-order valence-electron chi connectivity index (χ2n) is 6.13. The van der Waals surface area contributed by atoms with Crippen LogP contribution in [-0.2, 0) is 5.41 Å². The summed E-state index contributed by atoms with van der Waals surface area (Å²) < 4.78 is 5.79. The van der Waals surface area contributed by atoms with E-state index >= 15 is 0 Å². The van der Waals surface area contributed by atoms with Gasteiger partial charge in [0.05, 0.1) is 6.61 Å². The van der Waals surface area contributed by atoms with Crippen LogP contribution in [0.2, 0.25) is 0 Å². The predicted octanol–water partition coefficient (Wildman–Crippen LogP) is 4.20. The van der Waals surface area contributed by atoms with Crippen LogP contribution in [0.4, 0.5) is 0 Å². The number of hydrogen-bond donors (Lipinski definition) is 1. The summed E-state index contributed by atoms with van der Waals surface area (Å²) >= 11 is 0. The minimum absolute atomic E-state index is 0.238. The Morgan fingerprint density at radius 1 is 1.32 bits per heavy atom. The van der Waals surface area contributed by atoms with Gasteiger partial charge in [-0.3, -0.25) is 0 Å². The summed E-state index contributed by atoms with van der Waals surface area (Å²) in [5.41, 5.74) is 3.00. The smallest absolute Gasteiger partial charge is 0.124 e. The highest BCUT2D eigenvalue weighted by molar-refractivity contribution is 5.43. The third-order valence-corrected chi connectivity index (χ3v) is 4.36. The average Bonchev–Trinajstić information content (AvgIpc) is 2.44. The molecular weight excluding hydrogens is 234 g/mol. The van der Waals surface area contributed by atoms with Gasteiger partial charge in [0, 0.05) is 18.0 Å². The predicted molar refractivity (Wildman–Crippen MR) is 80.9 cm³/mol. The van der Waals surface area contributed by atoms with Gasteiger partial charge in [-0.05, 0) is 42.5 Å². The summed E-state index contributed by atoms with van der Waals surface area (Å²) in [6.07, 6.45) is 3.40. The summed E-state index contributed by atoms with van der Waals surface area (Å²) in [6.45, 7) is 11.0. The Hall–Kier alpha value is -1.02. The van der Waals surface area contributed by atoms with Gasteiger partial charge in [-0.1, -0.05) is 33.8 Å². The molecule has 0 aliphatic carbocycles. The number of benzene rings is 1. The molecule has 0 amide bonds. The normalized spacial score (nSPS) is 18.8. The van der Waals surface area contributed by atoms with E-state index in [1.165, 1.54) is 17.5 Å². The zero-order chi connectivity index (χ0) is 13.9. The maximum atomic E-state index is 5.79. The van der Waals surface area contributed by atoms with Crippen molar-refractivity contribution in [2.45, 2.75) is 58.4 Å². The molecule has 1 aromatic carbocycles. The van der Waals surface area contributed by atoms with Gasteiger partial charge in [0.25, 0.3) is 0 Å². The largest absolute Gasteiger partial charge is 0.493 e. The molecule has 0 saturated carbocycles. The number of fused-ring (bicyclic) bond motifs is 1. The van der Waals surface area contributed by atoms with Crippen LogP contribution in [0, 0.1) is 0 Å². The fourth-order valence-corrected chi connectivity index (χ4v) is 2.55. The molecule has 19 heavy (non-hydrogen) atoms. The molecule has 1 atom stereocenters. The van der Waals surface area contributed by atoms with Crippen molar-refractivity contribution in [3.63, 3.8) is 0 Å². The summed E-state index contributed by atoms with van der Waals surface area (Å²) in [5, 5.41) is 3.64. The molecule has 0 radical (unpaired) electrons. The molecule has 1 aliphatic rings. The first kappa shape index (κ1) is 14.4. The molecule has 0 bridgehead atoms. The van der Waals surface area contributed by atoms with Crippen LogP contribution in [-0.4, -0.2) is 13.2 Å². The van der Waals surface area contributed by atoms with Gasteiger partial charge in [-0.2, -0.15) is 0 Å². The van der Waals surface area contributed by atoms with Crippen LogP contribution in [0.25, 0.3) is 0 Å². The van der Waals surface area contributed by atoms with E-state index < -0.39 is 0 Å². The lowest BCUT2D eigenvalue weighted by Crippen LogP contribution is -2.28. The molecule has 1 N–H and O–H groups in total. The first-order valence-electron chi connectivity index (χ1n) is 7.59. The number of rotatable bonds is 5. The van der Waals surface area contributed by atoms with Crippen LogP contribution in [0.5, 0.6) is 5.75 Å². The highest BCUT2D eigenvalue weighted by Crippen LogP contribution is 2.36. The van der Waals surface area contributed by atoms with E-state index in [0.717, 1.165) is 31.7 Å². The Morgan fingerprint density at radius 2 is 2.11 bits per heavy atom. The van der Waals surface area contributed by atoms with Crippen LogP contribution in [0.3, 0.4) is 0 Å². The van der Waals surface area contributed by atoms with Crippen molar-refractivity contribution < 1.29 is 4.74 Å². The van der Waals surface area contributed by atoms with Crippen molar-refractivity contribution in [2.75, 3.05) is 13.2 Å².